The van der Waals surface area contributed by atoms with Crippen molar-refractivity contribution < 1.29 is 0 Å². The molecule has 63 valence electrons. The van der Waals surface area contributed by atoms with Gasteiger partial charge in [-0.05, 0) is 25.0 Å². The number of hydrogen-bond acceptors (Lipinski definition) is 1. The number of nitrogens with one attached hydrogen (secondary N) is 1. The first-order chi connectivity index (χ1) is 5.97. The van der Waals surface area contributed by atoms with Gasteiger partial charge < -0.3 is 5.32 Å². The maximum Gasteiger partial charge on any atom is 0.0219 e. The molecule has 0 amide bonds. The first-order valence-corrected chi connectivity index (χ1v) is 4.62. The maximum absolute atomic E-state index is 3.30. The van der Waals surface area contributed by atoms with Gasteiger partial charge in [-0.2, -0.15) is 0 Å². The lowest BCUT2D eigenvalue weighted by atomic mass is 10.0. The Labute approximate surface area is 73.9 Å². The topological polar surface area (TPSA) is 12.0 Å². The van der Waals surface area contributed by atoms with Gasteiger partial charge in [0.05, 0.1) is 0 Å². The van der Waals surface area contributed by atoms with Crippen LogP contribution in [0.4, 0.5) is 0 Å². The first kappa shape index (κ1) is 7.66. The summed E-state index contributed by atoms with van der Waals surface area (Å²) >= 11 is 0. The highest BCUT2D eigenvalue weighted by Gasteiger charge is 2.19. The summed E-state index contributed by atoms with van der Waals surface area (Å²) in [5.41, 5.74) is 1.32. The lowest BCUT2D eigenvalue weighted by molar-refractivity contribution is 0.874. The van der Waals surface area contributed by atoms with Crippen LogP contribution in [-0.2, 0) is 0 Å². The fourth-order valence-corrected chi connectivity index (χ4v) is 1.75. The second-order valence-electron chi connectivity index (χ2n) is 3.28. The van der Waals surface area contributed by atoms with Crippen LogP contribution in [-0.4, -0.2) is 0 Å². The van der Waals surface area contributed by atoms with Gasteiger partial charge in [0.15, 0.2) is 0 Å². The van der Waals surface area contributed by atoms with Crippen molar-refractivity contribution >= 4 is 0 Å². The van der Waals surface area contributed by atoms with Gasteiger partial charge in [0.2, 0.25) is 0 Å². The van der Waals surface area contributed by atoms with Crippen LogP contribution < -0.4 is 5.32 Å². The third kappa shape index (κ3) is 1.60. The number of rotatable bonds is 1. The van der Waals surface area contributed by atoms with Gasteiger partial charge in [-0.1, -0.05) is 25.0 Å². The van der Waals surface area contributed by atoms with E-state index in [0.29, 0.717) is 0 Å². The van der Waals surface area contributed by atoms with Crippen LogP contribution in [0.3, 0.4) is 0 Å². The van der Waals surface area contributed by atoms with Crippen molar-refractivity contribution in [3.05, 3.63) is 42.1 Å². The molecule has 0 aromatic carbocycles. The lowest BCUT2D eigenvalue weighted by Gasteiger charge is -2.12. The molecule has 0 aromatic rings. The zero-order valence-corrected chi connectivity index (χ0v) is 7.22. The van der Waals surface area contributed by atoms with Gasteiger partial charge >= 0.3 is 0 Å². The van der Waals surface area contributed by atoms with Crippen LogP contribution in [0.5, 0.6) is 0 Å². The monoisotopic (exact) mass is 160 g/mol. The van der Waals surface area contributed by atoms with Crippen LogP contribution in [0.25, 0.3) is 0 Å². The zero-order valence-electron chi connectivity index (χ0n) is 7.22. The molecule has 0 atom stereocenters. The molecular formula is C11H14N. The Bertz CT molecular complexity index is 229. The second-order valence-corrected chi connectivity index (χ2v) is 3.28. The zero-order chi connectivity index (χ0) is 8.23. The van der Waals surface area contributed by atoms with E-state index >= 15 is 0 Å². The minimum atomic E-state index is 1.28. The molecule has 12 heavy (non-hydrogen) atoms. The van der Waals surface area contributed by atoms with Crippen LogP contribution in [0.1, 0.15) is 25.7 Å². The third-order valence-electron chi connectivity index (χ3n) is 2.41. The molecule has 1 saturated carbocycles. The molecule has 0 unspecified atom stereocenters. The molecule has 1 radical (unpaired) electrons. The summed E-state index contributed by atoms with van der Waals surface area (Å²) in [7, 11) is 0. The van der Waals surface area contributed by atoms with E-state index in [1.165, 1.54) is 31.4 Å². The highest BCUT2D eigenvalue weighted by molar-refractivity contribution is 5.32. The summed E-state index contributed by atoms with van der Waals surface area (Å²) in [6.45, 7) is 0. The van der Waals surface area contributed by atoms with Gasteiger partial charge in [0, 0.05) is 17.8 Å². The molecule has 1 aliphatic heterocycles. The SMILES string of the molecule is C1=CC=C([C]2CCCC2)NC=C1. The van der Waals surface area contributed by atoms with Crippen molar-refractivity contribution in [3.63, 3.8) is 0 Å². The average Bonchev–Trinajstić information content (AvgIpc) is 2.48. The molecular weight excluding hydrogens is 146 g/mol. The van der Waals surface area contributed by atoms with E-state index in [4.69, 9.17) is 0 Å². The Hall–Kier alpha value is -0.980. The Morgan fingerprint density at radius 3 is 2.67 bits per heavy atom. The van der Waals surface area contributed by atoms with E-state index in [9.17, 15) is 0 Å². The van der Waals surface area contributed by atoms with E-state index in [0.717, 1.165) is 0 Å². The Morgan fingerprint density at radius 2 is 1.83 bits per heavy atom. The lowest BCUT2D eigenvalue weighted by Crippen LogP contribution is -2.10. The highest BCUT2D eigenvalue weighted by Crippen LogP contribution is 2.32. The van der Waals surface area contributed by atoms with E-state index in [1.54, 1.807) is 5.92 Å². The van der Waals surface area contributed by atoms with Crippen molar-refractivity contribution in [2.75, 3.05) is 0 Å². The summed E-state index contributed by atoms with van der Waals surface area (Å²) in [6, 6.07) is 0. The largest absolute Gasteiger partial charge is 0.365 e. The molecule has 2 rings (SSSR count). The standard InChI is InChI=1S/C11H14N/c1-2-8-11(12-9-5-1)10-6-3-4-7-10/h1-2,5,8-9,12H,3-4,6-7H2. The van der Waals surface area contributed by atoms with E-state index in [-0.39, 0.29) is 0 Å². The Morgan fingerprint density at radius 1 is 1.00 bits per heavy atom. The second kappa shape index (κ2) is 3.61. The maximum atomic E-state index is 3.30. The highest BCUT2D eigenvalue weighted by atomic mass is 14.9. The fraction of sp³-hybridized carbons (Fsp3) is 0.364. The normalized spacial score (nSPS) is 23.5. The number of allylic oxidation sites excluding steroid dienone is 5. The smallest absolute Gasteiger partial charge is 0.0219 e. The van der Waals surface area contributed by atoms with Crippen LogP contribution in [0.2, 0.25) is 0 Å². The van der Waals surface area contributed by atoms with Crippen molar-refractivity contribution in [1.82, 2.24) is 5.32 Å². The summed E-state index contributed by atoms with van der Waals surface area (Å²) < 4.78 is 0. The molecule has 0 bridgehead atoms. The first-order valence-electron chi connectivity index (χ1n) is 4.62. The minimum absolute atomic E-state index is 1.28. The predicted octanol–water partition coefficient (Wildman–Crippen LogP) is 2.69. The summed E-state index contributed by atoms with van der Waals surface area (Å²) in [6.07, 6.45) is 15.6. The molecule has 1 heterocycles. The molecule has 1 nitrogen and oxygen atoms in total. The fourth-order valence-electron chi connectivity index (χ4n) is 1.75. The summed E-state index contributed by atoms with van der Waals surface area (Å²) in [5.74, 6) is 1.59. The van der Waals surface area contributed by atoms with E-state index in [2.05, 4.69) is 23.5 Å². The van der Waals surface area contributed by atoms with Gasteiger partial charge in [0.25, 0.3) is 0 Å². The molecule has 0 saturated heterocycles. The predicted molar refractivity (Wildman–Crippen MR) is 51.2 cm³/mol. The van der Waals surface area contributed by atoms with Gasteiger partial charge in [-0.25, -0.2) is 0 Å². The van der Waals surface area contributed by atoms with E-state index < -0.39 is 0 Å². The Kier molecular flexibility index (Phi) is 2.31. The van der Waals surface area contributed by atoms with E-state index in [1.807, 2.05) is 12.3 Å². The molecule has 2 aliphatic rings. The third-order valence-corrected chi connectivity index (χ3v) is 2.41. The number of hydrogen-bond donors (Lipinski definition) is 1. The molecule has 1 fully saturated rings. The molecule has 1 N–H and O–H groups in total. The molecule has 1 aliphatic carbocycles. The Balaban J connectivity index is 2.06. The molecule has 0 aromatic heterocycles. The van der Waals surface area contributed by atoms with Crippen molar-refractivity contribution in [1.29, 1.82) is 0 Å². The molecule has 0 spiro atoms. The van der Waals surface area contributed by atoms with Crippen LogP contribution in [0, 0.1) is 5.92 Å². The molecule has 1 heteroatoms. The minimum Gasteiger partial charge on any atom is -0.365 e. The van der Waals surface area contributed by atoms with Crippen molar-refractivity contribution in [2.45, 2.75) is 25.7 Å². The quantitative estimate of drug-likeness (QED) is 0.622. The van der Waals surface area contributed by atoms with Crippen LogP contribution in [0.15, 0.2) is 36.2 Å². The van der Waals surface area contributed by atoms with Crippen molar-refractivity contribution in [3.8, 4) is 0 Å². The van der Waals surface area contributed by atoms with Crippen LogP contribution >= 0.6 is 0 Å². The summed E-state index contributed by atoms with van der Waals surface area (Å²) in [4.78, 5) is 0. The van der Waals surface area contributed by atoms with Gasteiger partial charge in [-0.3, -0.25) is 0 Å². The van der Waals surface area contributed by atoms with Gasteiger partial charge in [0.1, 0.15) is 0 Å². The van der Waals surface area contributed by atoms with Gasteiger partial charge in [-0.15, -0.1) is 0 Å². The average molecular weight is 160 g/mol. The summed E-state index contributed by atoms with van der Waals surface area (Å²) in [5, 5.41) is 3.30. The van der Waals surface area contributed by atoms with Crippen molar-refractivity contribution in [2.24, 2.45) is 0 Å².